The molecule has 2 atom stereocenters. The molecule has 1 aliphatic heterocycles. The van der Waals surface area contributed by atoms with Crippen molar-refractivity contribution in [1.29, 1.82) is 0 Å². The molecule has 1 fully saturated rings. The number of aromatic nitrogens is 1. The first-order valence-corrected chi connectivity index (χ1v) is 8.09. The van der Waals surface area contributed by atoms with Gasteiger partial charge in [0, 0.05) is 29.8 Å². The van der Waals surface area contributed by atoms with Crippen LogP contribution in [0.1, 0.15) is 18.9 Å². The van der Waals surface area contributed by atoms with Crippen LogP contribution in [0.4, 0.5) is 0 Å². The van der Waals surface area contributed by atoms with E-state index >= 15 is 0 Å². The van der Waals surface area contributed by atoms with Crippen molar-refractivity contribution in [1.82, 2.24) is 10.3 Å². The molecule has 0 bridgehead atoms. The molecule has 23 heavy (non-hydrogen) atoms. The second kappa shape index (κ2) is 5.67. The minimum atomic E-state index is 0.175. The molecule has 1 aromatic heterocycles. The molecule has 4 rings (SSSR count). The number of nitrogens with zero attached hydrogens (tertiary/aromatic N) is 1. The van der Waals surface area contributed by atoms with Crippen LogP contribution in [0.3, 0.4) is 0 Å². The summed E-state index contributed by atoms with van der Waals surface area (Å²) >= 11 is 0. The van der Waals surface area contributed by atoms with Crippen molar-refractivity contribution in [2.24, 2.45) is 0 Å². The van der Waals surface area contributed by atoms with Crippen molar-refractivity contribution < 1.29 is 4.74 Å². The molecule has 116 valence electrons. The Labute approximate surface area is 136 Å². The van der Waals surface area contributed by atoms with Gasteiger partial charge in [-0.2, -0.15) is 0 Å². The summed E-state index contributed by atoms with van der Waals surface area (Å²) in [6.45, 7) is 6.93. The Morgan fingerprint density at radius 2 is 2.04 bits per heavy atom. The second-order valence-electron chi connectivity index (χ2n) is 6.23. The monoisotopic (exact) mass is 304 g/mol. The summed E-state index contributed by atoms with van der Waals surface area (Å²) in [5.74, 6) is 0.725. The van der Waals surface area contributed by atoms with Crippen molar-refractivity contribution in [2.45, 2.75) is 25.5 Å². The van der Waals surface area contributed by atoms with Gasteiger partial charge in [-0.1, -0.05) is 43.0 Å². The van der Waals surface area contributed by atoms with Crippen molar-refractivity contribution >= 4 is 27.8 Å². The van der Waals surface area contributed by atoms with E-state index in [1.807, 2.05) is 24.3 Å². The molecule has 0 radical (unpaired) electrons. The average molecular weight is 304 g/mol. The zero-order valence-electron chi connectivity index (χ0n) is 13.3. The molecule has 0 unspecified atom stereocenters. The van der Waals surface area contributed by atoms with E-state index in [2.05, 4.69) is 43.1 Å². The number of hydrogen-bond donors (Lipinski definition) is 1. The maximum Gasteiger partial charge on any atom is 0.222 e. The van der Waals surface area contributed by atoms with E-state index in [0.717, 1.165) is 40.7 Å². The van der Waals surface area contributed by atoms with E-state index in [0.29, 0.717) is 6.04 Å². The topological polar surface area (TPSA) is 34.1 Å². The number of hydrogen-bond acceptors (Lipinski definition) is 3. The van der Waals surface area contributed by atoms with Gasteiger partial charge in [-0.3, -0.25) is 0 Å². The third kappa shape index (κ3) is 2.57. The summed E-state index contributed by atoms with van der Waals surface area (Å²) in [7, 11) is 0. The molecule has 0 saturated carbocycles. The zero-order chi connectivity index (χ0) is 15.8. The number of para-hydroxylation sites is 1. The second-order valence-corrected chi connectivity index (χ2v) is 6.23. The van der Waals surface area contributed by atoms with Gasteiger partial charge in [-0.05, 0) is 30.0 Å². The van der Waals surface area contributed by atoms with Gasteiger partial charge in [0.25, 0.3) is 0 Å². The highest BCUT2D eigenvalue weighted by Crippen LogP contribution is 2.32. The molecule has 1 aliphatic rings. The Hall–Kier alpha value is -2.39. The van der Waals surface area contributed by atoms with Crippen LogP contribution in [0.5, 0.6) is 5.88 Å². The summed E-state index contributed by atoms with van der Waals surface area (Å²) in [6, 6.07) is 15.1. The van der Waals surface area contributed by atoms with Crippen LogP contribution < -0.4 is 10.1 Å². The third-order valence-electron chi connectivity index (χ3n) is 4.51. The standard InChI is InChI=1S/C20H20N2O/c1-3-14-8-9-16-17-6-4-5-7-19(17)22-20(18(16)11-14)23-15-10-13(2)21-12-15/h3-9,11,13,15,21H,1,10,12H2,2H3/t13-,15+/m0/s1. The van der Waals surface area contributed by atoms with Crippen molar-refractivity contribution in [2.75, 3.05) is 6.54 Å². The summed E-state index contributed by atoms with van der Waals surface area (Å²) < 4.78 is 6.26. The Balaban J connectivity index is 1.90. The number of pyridine rings is 1. The number of fused-ring (bicyclic) bond motifs is 3. The molecule has 3 aromatic rings. The highest BCUT2D eigenvalue weighted by atomic mass is 16.5. The number of rotatable bonds is 3. The molecule has 0 amide bonds. The minimum absolute atomic E-state index is 0.175. The Morgan fingerprint density at radius 3 is 2.83 bits per heavy atom. The van der Waals surface area contributed by atoms with Crippen molar-refractivity contribution in [3.8, 4) is 5.88 Å². The van der Waals surface area contributed by atoms with E-state index in [1.165, 1.54) is 5.39 Å². The van der Waals surface area contributed by atoms with Gasteiger partial charge in [0.15, 0.2) is 0 Å². The quantitative estimate of drug-likeness (QED) is 0.738. The summed E-state index contributed by atoms with van der Waals surface area (Å²) in [5, 5.41) is 6.82. The van der Waals surface area contributed by atoms with E-state index in [4.69, 9.17) is 9.72 Å². The number of ether oxygens (including phenoxy) is 1. The van der Waals surface area contributed by atoms with Gasteiger partial charge in [0.1, 0.15) is 6.10 Å². The maximum absolute atomic E-state index is 6.26. The SMILES string of the molecule is C=Cc1ccc2c(c1)c(O[C@H]1CN[C@@H](C)C1)nc1ccccc12. The van der Waals surface area contributed by atoms with Crippen LogP contribution >= 0.6 is 0 Å². The van der Waals surface area contributed by atoms with Gasteiger partial charge < -0.3 is 10.1 Å². The highest BCUT2D eigenvalue weighted by Gasteiger charge is 2.23. The molecule has 2 heterocycles. The van der Waals surface area contributed by atoms with Crippen LogP contribution in [-0.2, 0) is 0 Å². The largest absolute Gasteiger partial charge is 0.472 e. The van der Waals surface area contributed by atoms with E-state index in [1.54, 1.807) is 0 Å². The molecule has 0 spiro atoms. The predicted molar refractivity (Wildman–Crippen MR) is 95.8 cm³/mol. The molecule has 3 nitrogen and oxygen atoms in total. The Bertz CT molecular complexity index is 887. The van der Waals surface area contributed by atoms with Gasteiger partial charge in [0.2, 0.25) is 5.88 Å². The van der Waals surface area contributed by atoms with E-state index in [-0.39, 0.29) is 6.10 Å². The van der Waals surface area contributed by atoms with Gasteiger partial charge in [-0.25, -0.2) is 4.98 Å². The Kier molecular flexibility index (Phi) is 3.50. The van der Waals surface area contributed by atoms with Crippen LogP contribution in [0.25, 0.3) is 27.8 Å². The maximum atomic E-state index is 6.26. The lowest BCUT2D eigenvalue weighted by Crippen LogP contribution is -2.21. The minimum Gasteiger partial charge on any atom is -0.472 e. The Morgan fingerprint density at radius 1 is 1.17 bits per heavy atom. The first-order valence-electron chi connectivity index (χ1n) is 8.09. The van der Waals surface area contributed by atoms with Crippen LogP contribution in [0, 0.1) is 0 Å². The van der Waals surface area contributed by atoms with Gasteiger partial charge in [-0.15, -0.1) is 0 Å². The normalized spacial score (nSPS) is 20.9. The number of nitrogens with one attached hydrogen (secondary N) is 1. The molecule has 2 aromatic carbocycles. The zero-order valence-corrected chi connectivity index (χ0v) is 13.3. The first kappa shape index (κ1) is 14.2. The van der Waals surface area contributed by atoms with Crippen molar-refractivity contribution in [3.63, 3.8) is 0 Å². The lowest BCUT2D eigenvalue weighted by atomic mass is 10.0. The molecule has 3 heteroatoms. The summed E-state index contributed by atoms with van der Waals surface area (Å²) in [6.07, 6.45) is 3.05. The lowest BCUT2D eigenvalue weighted by molar-refractivity contribution is 0.215. The summed E-state index contributed by atoms with van der Waals surface area (Å²) in [4.78, 5) is 4.78. The summed E-state index contributed by atoms with van der Waals surface area (Å²) in [5.41, 5.74) is 2.05. The fourth-order valence-corrected chi connectivity index (χ4v) is 3.30. The molecule has 1 saturated heterocycles. The smallest absolute Gasteiger partial charge is 0.222 e. The lowest BCUT2D eigenvalue weighted by Gasteiger charge is -2.15. The molecular weight excluding hydrogens is 284 g/mol. The van der Waals surface area contributed by atoms with Crippen LogP contribution in [-0.4, -0.2) is 23.7 Å². The van der Waals surface area contributed by atoms with Gasteiger partial charge in [0.05, 0.1) is 5.52 Å². The number of benzene rings is 2. The van der Waals surface area contributed by atoms with Crippen LogP contribution in [0.2, 0.25) is 0 Å². The molecule has 0 aliphatic carbocycles. The molecular formula is C20H20N2O. The van der Waals surface area contributed by atoms with Crippen molar-refractivity contribution in [3.05, 3.63) is 54.6 Å². The fourth-order valence-electron chi connectivity index (χ4n) is 3.30. The first-order chi connectivity index (χ1) is 11.2. The third-order valence-corrected chi connectivity index (χ3v) is 4.51. The predicted octanol–water partition coefficient (Wildman–Crippen LogP) is 4.16. The highest BCUT2D eigenvalue weighted by molar-refractivity contribution is 6.08. The average Bonchev–Trinajstić information content (AvgIpc) is 2.99. The van der Waals surface area contributed by atoms with Gasteiger partial charge >= 0.3 is 0 Å². The van der Waals surface area contributed by atoms with Crippen LogP contribution in [0.15, 0.2) is 49.0 Å². The van der Waals surface area contributed by atoms with E-state index < -0.39 is 0 Å². The molecule has 1 N–H and O–H groups in total. The fraction of sp³-hybridized carbons (Fsp3) is 0.250. The van der Waals surface area contributed by atoms with E-state index in [9.17, 15) is 0 Å².